The van der Waals surface area contributed by atoms with Crippen LogP contribution >= 0.6 is 0 Å². The lowest BCUT2D eigenvalue weighted by molar-refractivity contribution is -0.385. The number of hydrogen-bond acceptors (Lipinski definition) is 10. The molecule has 3 aromatic rings. The number of nitro benzene ring substituents is 2. The lowest BCUT2D eigenvalue weighted by Crippen LogP contribution is -2.09. The molecule has 0 aliphatic rings. The molecule has 12 nitrogen and oxygen atoms in total. The van der Waals surface area contributed by atoms with E-state index in [1.54, 1.807) is 7.05 Å². The van der Waals surface area contributed by atoms with Gasteiger partial charge in [0, 0.05) is 42.6 Å². The summed E-state index contributed by atoms with van der Waals surface area (Å²) in [5.41, 5.74) is 0.487. The SMILES string of the molecule is CNc1ccc([N+](=O)[O-])cc1C(=O)OCc1nc(-c2ccc([N+](=O)[O-])cc2)no1. The molecule has 0 aliphatic heterocycles. The molecule has 0 bridgehead atoms. The minimum atomic E-state index is -0.812. The highest BCUT2D eigenvalue weighted by atomic mass is 16.6. The third-order valence-corrected chi connectivity index (χ3v) is 3.83. The predicted molar refractivity (Wildman–Crippen MR) is 98.2 cm³/mol. The molecule has 3 rings (SSSR count). The Bertz CT molecular complexity index is 1080. The molecule has 1 aromatic heterocycles. The van der Waals surface area contributed by atoms with Crippen LogP contribution in [0.3, 0.4) is 0 Å². The second-order valence-electron chi connectivity index (χ2n) is 5.63. The van der Waals surface area contributed by atoms with Crippen molar-refractivity contribution in [1.29, 1.82) is 0 Å². The molecule has 0 amide bonds. The van der Waals surface area contributed by atoms with Crippen LogP contribution in [0.25, 0.3) is 11.4 Å². The van der Waals surface area contributed by atoms with Gasteiger partial charge < -0.3 is 14.6 Å². The van der Waals surface area contributed by atoms with Gasteiger partial charge in [-0.05, 0) is 18.2 Å². The molecule has 0 spiro atoms. The van der Waals surface area contributed by atoms with E-state index in [2.05, 4.69) is 15.5 Å². The fourth-order valence-corrected chi connectivity index (χ4v) is 2.40. The zero-order valence-electron chi connectivity index (χ0n) is 14.9. The largest absolute Gasteiger partial charge is 0.452 e. The van der Waals surface area contributed by atoms with Crippen molar-refractivity contribution >= 4 is 23.0 Å². The van der Waals surface area contributed by atoms with E-state index in [0.29, 0.717) is 11.3 Å². The zero-order chi connectivity index (χ0) is 21.0. The molecular weight excluding hydrogens is 386 g/mol. The molecule has 1 N–H and O–H groups in total. The van der Waals surface area contributed by atoms with Crippen molar-refractivity contribution in [3.8, 4) is 11.4 Å². The summed E-state index contributed by atoms with van der Waals surface area (Å²) in [7, 11) is 1.56. The minimum absolute atomic E-state index is 0.0110. The highest BCUT2D eigenvalue weighted by molar-refractivity contribution is 5.96. The Labute approximate surface area is 162 Å². The molecule has 0 fully saturated rings. The van der Waals surface area contributed by atoms with Crippen LogP contribution in [0.15, 0.2) is 47.0 Å². The van der Waals surface area contributed by atoms with Gasteiger partial charge in [0.05, 0.1) is 15.4 Å². The number of aromatic nitrogens is 2. The Balaban J connectivity index is 1.71. The number of hydrogen-bond donors (Lipinski definition) is 1. The molecule has 0 radical (unpaired) electrons. The summed E-state index contributed by atoms with van der Waals surface area (Å²) in [4.78, 5) is 36.8. The lowest BCUT2D eigenvalue weighted by Gasteiger charge is -2.08. The van der Waals surface area contributed by atoms with Gasteiger partial charge >= 0.3 is 5.97 Å². The van der Waals surface area contributed by atoms with Crippen LogP contribution in [-0.4, -0.2) is 33.0 Å². The molecule has 0 saturated carbocycles. The number of nitrogens with one attached hydrogen (secondary N) is 1. The van der Waals surface area contributed by atoms with Crippen LogP contribution in [0.5, 0.6) is 0 Å². The molecule has 148 valence electrons. The summed E-state index contributed by atoms with van der Waals surface area (Å²) in [6.07, 6.45) is 0. The predicted octanol–water partition coefficient (Wildman–Crippen LogP) is 2.95. The number of rotatable bonds is 7. The highest BCUT2D eigenvalue weighted by Crippen LogP contribution is 2.23. The molecule has 0 unspecified atom stereocenters. The van der Waals surface area contributed by atoms with E-state index in [1.807, 2.05) is 0 Å². The Morgan fingerprint density at radius 2 is 1.76 bits per heavy atom. The highest BCUT2D eigenvalue weighted by Gasteiger charge is 2.19. The number of esters is 1. The Hall–Kier alpha value is -4.35. The maximum absolute atomic E-state index is 12.3. The van der Waals surface area contributed by atoms with E-state index in [0.717, 1.165) is 6.07 Å². The number of non-ortho nitro benzene ring substituents is 2. The third kappa shape index (κ3) is 4.32. The van der Waals surface area contributed by atoms with E-state index in [4.69, 9.17) is 9.26 Å². The maximum atomic E-state index is 12.3. The standard InChI is InChI=1S/C17H13N5O7/c1-18-14-7-6-12(22(26)27)8-13(14)17(23)28-9-15-19-16(20-29-15)10-2-4-11(5-3-10)21(24)25/h2-8,18H,9H2,1H3. The maximum Gasteiger partial charge on any atom is 0.341 e. The van der Waals surface area contributed by atoms with Crippen molar-refractivity contribution in [2.75, 3.05) is 12.4 Å². The average Bonchev–Trinajstić information content (AvgIpc) is 3.20. The second-order valence-corrected chi connectivity index (χ2v) is 5.63. The molecule has 12 heteroatoms. The summed E-state index contributed by atoms with van der Waals surface area (Å²) < 4.78 is 10.1. The quantitative estimate of drug-likeness (QED) is 0.355. The number of nitrogens with zero attached hydrogens (tertiary/aromatic N) is 4. The van der Waals surface area contributed by atoms with Crippen molar-refractivity contribution in [2.24, 2.45) is 0 Å². The van der Waals surface area contributed by atoms with Gasteiger partial charge in [-0.1, -0.05) is 5.16 Å². The number of nitro groups is 2. The fraction of sp³-hybridized carbons (Fsp3) is 0.118. The van der Waals surface area contributed by atoms with Crippen molar-refractivity contribution in [3.63, 3.8) is 0 Å². The topological polar surface area (TPSA) is 164 Å². The molecule has 1 heterocycles. The van der Waals surface area contributed by atoms with Gasteiger partial charge in [0.15, 0.2) is 6.61 Å². The minimum Gasteiger partial charge on any atom is -0.452 e. The van der Waals surface area contributed by atoms with E-state index < -0.39 is 15.8 Å². The van der Waals surface area contributed by atoms with Gasteiger partial charge in [-0.15, -0.1) is 0 Å². The summed E-state index contributed by atoms with van der Waals surface area (Å²) in [6, 6.07) is 9.28. The zero-order valence-corrected chi connectivity index (χ0v) is 14.9. The number of ether oxygens (including phenoxy) is 1. The van der Waals surface area contributed by atoms with Crippen LogP contribution in [0, 0.1) is 20.2 Å². The van der Waals surface area contributed by atoms with Gasteiger partial charge in [0.25, 0.3) is 17.3 Å². The first-order chi connectivity index (χ1) is 13.9. The summed E-state index contributed by atoms with van der Waals surface area (Å²) in [6.45, 7) is -0.356. The summed E-state index contributed by atoms with van der Waals surface area (Å²) in [5, 5.41) is 28.1. The normalized spacial score (nSPS) is 10.4. The Kier molecular flexibility index (Phi) is 5.44. The lowest BCUT2D eigenvalue weighted by atomic mass is 10.1. The van der Waals surface area contributed by atoms with E-state index in [9.17, 15) is 25.0 Å². The van der Waals surface area contributed by atoms with E-state index in [1.165, 1.54) is 36.4 Å². The van der Waals surface area contributed by atoms with E-state index >= 15 is 0 Å². The van der Waals surface area contributed by atoms with Gasteiger partial charge in [-0.2, -0.15) is 4.98 Å². The van der Waals surface area contributed by atoms with Gasteiger partial charge in [-0.25, -0.2) is 4.79 Å². The second kappa shape index (κ2) is 8.12. The Morgan fingerprint density at radius 3 is 2.38 bits per heavy atom. The first kappa shape index (κ1) is 19.4. The van der Waals surface area contributed by atoms with Crippen LogP contribution in [-0.2, 0) is 11.3 Å². The smallest absolute Gasteiger partial charge is 0.341 e. The van der Waals surface area contributed by atoms with Crippen molar-refractivity contribution in [2.45, 2.75) is 6.61 Å². The monoisotopic (exact) mass is 399 g/mol. The molecule has 0 saturated heterocycles. The average molecular weight is 399 g/mol. The van der Waals surface area contributed by atoms with Crippen LogP contribution in [0.1, 0.15) is 16.2 Å². The third-order valence-electron chi connectivity index (χ3n) is 3.83. The first-order valence-corrected chi connectivity index (χ1v) is 8.09. The van der Waals surface area contributed by atoms with Gasteiger partial charge in [0.2, 0.25) is 5.82 Å². The van der Waals surface area contributed by atoms with Crippen molar-refractivity contribution in [3.05, 3.63) is 74.1 Å². The number of carbonyl (C=O) groups excluding carboxylic acids is 1. The van der Waals surface area contributed by atoms with Crippen LogP contribution < -0.4 is 5.32 Å². The van der Waals surface area contributed by atoms with Crippen LogP contribution in [0.4, 0.5) is 17.1 Å². The number of anilines is 1. The first-order valence-electron chi connectivity index (χ1n) is 8.09. The molecular formula is C17H13N5O7. The van der Waals surface area contributed by atoms with Crippen molar-refractivity contribution in [1.82, 2.24) is 10.1 Å². The molecule has 0 atom stereocenters. The number of carbonyl (C=O) groups is 1. The van der Waals surface area contributed by atoms with Crippen LogP contribution in [0.2, 0.25) is 0 Å². The Morgan fingerprint density at radius 1 is 1.10 bits per heavy atom. The molecule has 29 heavy (non-hydrogen) atoms. The van der Waals surface area contributed by atoms with E-state index in [-0.39, 0.29) is 35.3 Å². The molecule has 0 aliphatic carbocycles. The number of benzene rings is 2. The van der Waals surface area contributed by atoms with Crippen molar-refractivity contribution < 1.29 is 23.9 Å². The summed E-state index contributed by atoms with van der Waals surface area (Å²) >= 11 is 0. The summed E-state index contributed by atoms with van der Waals surface area (Å²) in [5.74, 6) is -0.659. The van der Waals surface area contributed by atoms with Gasteiger partial charge in [0.1, 0.15) is 0 Å². The molecule has 2 aromatic carbocycles. The fourth-order valence-electron chi connectivity index (χ4n) is 2.40. The van der Waals surface area contributed by atoms with Gasteiger partial charge in [-0.3, -0.25) is 20.2 Å².